The van der Waals surface area contributed by atoms with Crippen LogP contribution in [0.3, 0.4) is 0 Å². The Kier molecular flexibility index (Phi) is 5.98. The molecule has 72 valence electrons. The van der Waals surface area contributed by atoms with Crippen LogP contribution in [0, 0.1) is 0 Å². The number of hydrogen-bond acceptors (Lipinski definition) is 3. The molecule has 1 unspecified atom stereocenters. The first-order valence-corrected chi connectivity index (χ1v) is 4.06. The van der Waals surface area contributed by atoms with E-state index in [0.29, 0.717) is 6.42 Å². The van der Waals surface area contributed by atoms with Gasteiger partial charge in [0.25, 0.3) is 0 Å². The van der Waals surface area contributed by atoms with Crippen molar-refractivity contribution in [2.24, 2.45) is 0 Å². The molecule has 12 heavy (non-hydrogen) atoms. The number of hydrogen-bond donors (Lipinski definition) is 1. The van der Waals surface area contributed by atoms with E-state index in [1.807, 2.05) is 6.92 Å². The molecule has 0 amide bonds. The molecule has 0 aliphatic heterocycles. The van der Waals surface area contributed by atoms with Gasteiger partial charge in [-0.15, -0.1) is 0 Å². The van der Waals surface area contributed by atoms with E-state index in [9.17, 15) is 5.11 Å². The molecule has 0 aromatic rings. The highest BCUT2D eigenvalue weighted by atomic mass is 16.7. The van der Waals surface area contributed by atoms with Crippen molar-refractivity contribution in [2.45, 2.75) is 32.2 Å². The van der Waals surface area contributed by atoms with Crippen molar-refractivity contribution in [3.63, 3.8) is 0 Å². The second-order valence-corrected chi connectivity index (χ2v) is 2.71. The van der Waals surface area contributed by atoms with Crippen LogP contribution < -0.4 is 0 Å². The second kappa shape index (κ2) is 6.17. The molecule has 1 atom stereocenters. The smallest absolute Gasteiger partial charge is 0.183 e. The molecule has 0 heterocycles. The van der Waals surface area contributed by atoms with Crippen molar-refractivity contribution in [1.82, 2.24) is 0 Å². The molecule has 0 aromatic carbocycles. The Balaban J connectivity index is 3.83. The van der Waals surface area contributed by atoms with Gasteiger partial charge >= 0.3 is 0 Å². The Bertz CT molecular complexity index is 130. The predicted molar refractivity (Wildman–Crippen MR) is 47.9 cm³/mol. The van der Waals surface area contributed by atoms with E-state index in [1.165, 1.54) is 14.2 Å². The summed E-state index contributed by atoms with van der Waals surface area (Å²) in [6, 6.07) is 0. The lowest BCUT2D eigenvalue weighted by molar-refractivity contribution is -0.163. The largest absolute Gasteiger partial charge is 0.387 e. The van der Waals surface area contributed by atoms with Gasteiger partial charge in [-0.05, 0) is 12.8 Å². The van der Waals surface area contributed by atoms with E-state index in [1.54, 1.807) is 0 Å². The molecule has 0 saturated carbocycles. The first-order chi connectivity index (χ1) is 5.65. The fourth-order valence-electron chi connectivity index (χ4n) is 0.947. The maximum atomic E-state index is 9.50. The highest BCUT2D eigenvalue weighted by Crippen LogP contribution is 2.11. The quantitative estimate of drug-likeness (QED) is 0.487. The van der Waals surface area contributed by atoms with Crippen molar-refractivity contribution >= 4 is 0 Å². The number of rotatable bonds is 6. The fraction of sp³-hybridized carbons (Fsp3) is 0.778. The maximum absolute atomic E-state index is 9.50. The molecule has 1 N–H and O–H groups in total. The summed E-state index contributed by atoms with van der Waals surface area (Å²) in [5.41, 5.74) is 1.00. The van der Waals surface area contributed by atoms with Crippen LogP contribution in [0.15, 0.2) is 12.2 Å². The molecule has 0 aromatic heterocycles. The van der Waals surface area contributed by atoms with Gasteiger partial charge < -0.3 is 14.6 Å². The van der Waals surface area contributed by atoms with Gasteiger partial charge in [0.1, 0.15) is 6.10 Å². The zero-order chi connectivity index (χ0) is 9.56. The average Bonchev–Trinajstić information content (AvgIpc) is 2.06. The van der Waals surface area contributed by atoms with Crippen LogP contribution in [-0.4, -0.2) is 31.7 Å². The number of methoxy groups -OCH3 is 2. The van der Waals surface area contributed by atoms with Crippen molar-refractivity contribution in [3.05, 3.63) is 12.2 Å². The molecule has 0 saturated heterocycles. The van der Waals surface area contributed by atoms with Gasteiger partial charge in [0.05, 0.1) is 0 Å². The Morgan fingerprint density at radius 3 is 2.25 bits per heavy atom. The zero-order valence-corrected chi connectivity index (χ0v) is 8.04. The summed E-state index contributed by atoms with van der Waals surface area (Å²) < 4.78 is 9.79. The van der Waals surface area contributed by atoms with Crippen LogP contribution in [0.2, 0.25) is 0 Å². The molecule has 0 spiro atoms. The van der Waals surface area contributed by atoms with E-state index in [2.05, 4.69) is 6.58 Å². The van der Waals surface area contributed by atoms with Crippen LogP contribution in [0.4, 0.5) is 0 Å². The summed E-state index contributed by atoms with van der Waals surface area (Å²) in [4.78, 5) is 0. The lowest BCUT2D eigenvalue weighted by Crippen LogP contribution is -2.29. The molecule has 0 fully saturated rings. The third kappa shape index (κ3) is 3.85. The van der Waals surface area contributed by atoms with E-state index in [-0.39, 0.29) is 0 Å². The van der Waals surface area contributed by atoms with Gasteiger partial charge in [0, 0.05) is 14.2 Å². The summed E-state index contributed by atoms with van der Waals surface area (Å²) in [6.45, 7) is 5.80. The first-order valence-electron chi connectivity index (χ1n) is 4.06. The maximum Gasteiger partial charge on any atom is 0.183 e. The highest BCUT2D eigenvalue weighted by Gasteiger charge is 2.17. The minimum Gasteiger partial charge on any atom is -0.387 e. The molecule has 0 aliphatic carbocycles. The monoisotopic (exact) mass is 174 g/mol. The van der Waals surface area contributed by atoms with Gasteiger partial charge in [-0.25, -0.2) is 0 Å². The summed E-state index contributed by atoms with van der Waals surface area (Å²) in [5.74, 6) is 0. The number of ether oxygens (including phenoxy) is 2. The predicted octanol–water partition coefficient (Wildman–Crippen LogP) is 1.32. The minimum absolute atomic E-state index is 0.531. The van der Waals surface area contributed by atoms with Gasteiger partial charge in [-0.2, -0.15) is 0 Å². The van der Waals surface area contributed by atoms with Crippen LogP contribution in [0.5, 0.6) is 0 Å². The Hall–Kier alpha value is -0.380. The molecule has 0 radical (unpaired) electrons. The molecule has 0 aliphatic rings. The molecule has 3 heteroatoms. The molecule has 3 nitrogen and oxygen atoms in total. The Morgan fingerprint density at radius 1 is 1.42 bits per heavy atom. The summed E-state index contributed by atoms with van der Waals surface area (Å²) in [5, 5.41) is 9.50. The van der Waals surface area contributed by atoms with Crippen LogP contribution >= 0.6 is 0 Å². The highest BCUT2D eigenvalue weighted by molar-refractivity contribution is 4.95. The lowest BCUT2D eigenvalue weighted by Gasteiger charge is -2.20. The van der Waals surface area contributed by atoms with Crippen molar-refractivity contribution in [1.29, 1.82) is 0 Å². The third-order valence-electron chi connectivity index (χ3n) is 1.78. The number of aliphatic hydroxyl groups is 1. The summed E-state index contributed by atoms with van der Waals surface area (Å²) >= 11 is 0. The summed E-state index contributed by atoms with van der Waals surface area (Å²) in [7, 11) is 3.01. The second-order valence-electron chi connectivity index (χ2n) is 2.71. The Labute approximate surface area is 74.0 Å². The van der Waals surface area contributed by atoms with Crippen molar-refractivity contribution in [3.8, 4) is 0 Å². The molecular formula is C9H18O3. The van der Waals surface area contributed by atoms with E-state index in [4.69, 9.17) is 9.47 Å². The topological polar surface area (TPSA) is 38.7 Å². The SMILES string of the molecule is C=C(CC)CC(O)C(OC)OC. The normalized spacial score (nSPS) is 13.4. The van der Waals surface area contributed by atoms with Crippen molar-refractivity contribution < 1.29 is 14.6 Å². The van der Waals surface area contributed by atoms with Crippen LogP contribution in [-0.2, 0) is 9.47 Å². The number of aliphatic hydroxyl groups excluding tert-OH is 1. The van der Waals surface area contributed by atoms with Crippen molar-refractivity contribution in [2.75, 3.05) is 14.2 Å². The Morgan fingerprint density at radius 2 is 1.92 bits per heavy atom. The standard InChI is InChI=1S/C9H18O3/c1-5-7(2)6-8(10)9(11-3)12-4/h8-10H,2,5-6H2,1,3-4H3. The van der Waals surface area contributed by atoms with E-state index in [0.717, 1.165) is 12.0 Å². The lowest BCUT2D eigenvalue weighted by atomic mass is 10.1. The van der Waals surface area contributed by atoms with Crippen LogP contribution in [0.1, 0.15) is 19.8 Å². The van der Waals surface area contributed by atoms with E-state index < -0.39 is 12.4 Å². The molecule has 0 bridgehead atoms. The van der Waals surface area contributed by atoms with Gasteiger partial charge in [0.15, 0.2) is 6.29 Å². The zero-order valence-electron chi connectivity index (χ0n) is 8.04. The summed E-state index contributed by atoms with van der Waals surface area (Å²) in [6.07, 6.45) is 0.237. The van der Waals surface area contributed by atoms with E-state index >= 15 is 0 Å². The van der Waals surface area contributed by atoms with Gasteiger partial charge in [0.2, 0.25) is 0 Å². The van der Waals surface area contributed by atoms with Gasteiger partial charge in [-0.1, -0.05) is 19.1 Å². The molecular weight excluding hydrogens is 156 g/mol. The fourth-order valence-corrected chi connectivity index (χ4v) is 0.947. The first kappa shape index (κ1) is 11.6. The third-order valence-corrected chi connectivity index (χ3v) is 1.78. The van der Waals surface area contributed by atoms with Gasteiger partial charge in [-0.3, -0.25) is 0 Å². The average molecular weight is 174 g/mol. The minimum atomic E-state index is -0.618. The van der Waals surface area contributed by atoms with Crippen LogP contribution in [0.25, 0.3) is 0 Å². The molecule has 0 rings (SSSR count).